The average molecular weight is 372 g/mol. The van der Waals surface area contributed by atoms with Crippen molar-refractivity contribution in [3.63, 3.8) is 0 Å². The molecule has 1 aromatic rings. The molecule has 0 aliphatic rings. The van der Waals surface area contributed by atoms with E-state index in [0.717, 1.165) is 17.7 Å². The van der Waals surface area contributed by atoms with Crippen LogP contribution in [0.2, 0.25) is 0 Å². The van der Waals surface area contributed by atoms with Gasteiger partial charge < -0.3 is 35.0 Å². The number of unbranched alkanes of at least 4 members (excludes halogenated alkanes) is 3. The Balaban J connectivity index is 2.28. The predicted octanol–water partition coefficient (Wildman–Crippen LogP) is 0.598. The maximum Gasteiger partial charge on any atom is 0.119 e. The van der Waals surface area contributed by atoms with E-state index in [1.54, 1.807) is 0 Å². The molecule has 0 aromatic heterocycles. The van der Waals surface area contributed by atoms with E-state index in [4.69, 9.17) is 14.6 Å². The first kappa shape index (κ1) is 22.8. The molecule has 0 saturated carbocycles. The van der Waals surface area contributed by atoms with Crippen molar-refractivity contribution < 1.29 is 35.0 Å². The maximum atomic E-state index is 9.77. The van der Waals surface area contributed by atoms with Gasteiger partial charge in [0.2, 0.25) is 0 Å². The molecule has 7 nitrogen and oxygen atoms in total. The highest BCUT2D eigenvalue weighted by Crippen LogP contribution is 2.14. The Morgan fingerprint density at radius 3 is 2.15 bits per heavy atom. The Morgan fingerprint density at radius 1 is 0.885 bits per heavy atom. The minimum absolute atomic E-state index is 0.216. The molecule has 1 aromatic carbocycles. The summed E-state index contributed by atoms with van der Waals surface area (Å²) in [6.45, 7) is 2.16. The van der Waals surface area contributed by atoms with Crippen LogP contribution >= 0.6 is 0 Å². The van der Waals surface area contributed by atoms with E-state index in [2.05, 4.69) is 6.92 Å². The molecule has 0 saturated heterocycles. The minimum atomic E-state index is -1.65. The van der Waals surface area contributed by atoms with Gasteiger partial charge in [0.15, 0.2) is 0 Å². The van der Waals surface area contributed by atoms with Crippen LogP contribution in [0.15, 0.2) is 24.3 Å². The van der Waals surface area contributed by atoms with Gasteiger partial charge in [0.1, 0.15) is 30.2 Å². The molecule has 4 atom stereocenters. The monoisotopic (exact) mass is 372 g/mol. The van der Waals surface area contributed by atoms with Crippen LogP contribution in [0.4, 0.5) is 0 Å². The Kier molecular flexibility index (Phi) is 11.4. The number of benzene rings is 1. The lowest BCUT2D eigenvalue weighted by molar-refractivity contribution is -0.130. The van der Waals surface area contributed by atoms with E-state index in [1.807, 2.05) is 24.3 Å². The number of aliphatic hydroxyl groups is 5. The van der Waals surface area contributed by atoms with Crippen molar-refractivity contribution in [2.75, 3.05) is 19.8 Å². The number of hydrogen-bond donors (Lipinski definition) is 5. The number of aliphatic hydroxyl groups excluding tert-OH is 5. The molecule has 0 aliphatic carbocycles. The van der Waals surface area contributed by atoms with Crippen LogP contribution in [0.5, 0.6) is 5.75 Å². The third-order valence-electron chi connectivity index (χ3n) is 4.07. The normalized spacial score (nSPS) is 16.1. The van der Waals surface area contributed by atoms with Crippen molar-refractivity contribution >= 4 is 0 Å². The molecule has 1 rings (SSSR count). The fourth-order valence-corrected chi connectivity index (χ4v) is 2.36. The maximum absolute atomic E-state index is 9.77. The quantitative estimate of drug-likeness (QED) is 0.303. The molecule has 0 heterocycles. The minimum Gasteiger partial charge on any atom is -0.494 e. The summed E-state index contributed by atoms with van der Waals surface area (Å²) < 4.78 is 11.0. The second-order valence-corrected chi connectivity index (χ2v) is 6.37. The van der Waals surface area contributed by atoms with Crippen LogP contribution < -0.4 is 4.74 Å². The van der Waals surface area contributed by atoms with Crippen LogP contribution in [0, 0.1) is 0 Å². The molecule has 0 spiro atoms. The van der Waals surface area contributed by atoms with Gasteiger partial charge in [0, 0.05) is 0 Å². The summed E-state index contributed by atoms with van der Waals surface area (Å²) >= 11 is 0. The summed E-state index contributed by atoms with van der Waals surface area (Å²) in [6, 6.07) is 7.42. The van der Waals surface area contributed by atoms with Crippen molar-refractivity contribution in [1.29, 1.82) is 0 Å². The van der Waals surface area contributed by atoms with E-state index in [-0.39, 0.29) is 13.2 Å². The SMILES string of the molecule is CCCCCCOc1ccc(COCC(O)C(O)C(O)C(O)CO)cc1. The lowest BCUT2D eigenvalue weighted by Crippen LogP contribution is -2.47. The summed E-state index contributed by atoms with van der Waals surface area (Å²) in [5.41, 5.74) is 0.876. The molecule has 5 N–H and O–H groups in total. The third kappa shape index (κ3) is 8.44. The van der Waals surface area contributed by atoms with Crippen LogP contribution in [-0.2, 0) is 11.3 Å². The van der Waals surface area contributed by atoms with E-state index >= 15 is 0 Å². The second-order valence-electron chi connectivity index (χ2n) is 6.37. The number of ether oxygens (including phenoxy) is 2. The van der Waals surface area contributed by atoms with Gasteiger partial charge in [-0.25, -0.2) is 0 Å². The van der Waals surface area contributed by atoms with E-state index in [0.29, 0.717) is 6.61 Å². The molecule has 0 bridgehead atoms. The highest BCUT2D eigenvalue weighted by molar-refractivity contribution is 5.26. The molecular formula is C19H32O7. The summed E-state index contributed by atoms with van der Waals surface area (Å²) in [7, 11) is 0. The van der Waals surface area contributed by atoms with Gasteiger partial charge in [0.25, 0.3) is 0 Å². The Hall–Kier alpha value is -1.22. The van der Waals surface area contributed by atoms with E-state index < -0.39 is 31.0 Å². The highest BCUT2D eigenvalue weighted by atomic mass is 16.5. The highest BCUT2D eigenvalue weighted by Gasteiger charge is 2.29. The molecule has 26 heavy (non-hydrogen) atoms. The van der Waals surface area contributed by atoms with Gasteiger partial charge in [-0.15, -0.1) is 0 Å². The second kappa shape index (κ2) is 13.0. The zero-order valence-electron chi connectivity index (χ0n) is 15.3. The topological polar surface area (TPSA) is 120 Å². The van der Waals surface area contributed by atoms with Gasteiger partial charge in [-0.1, -0.05) is 38.3 Å². The fourth-order valence-electron chi connectivity index (χ4n) is 2.36. The molecule has 0 amide bonds. The summed E-state index contributed by atoms with van der Waals surface area (Å²) in [5.74, 6) is 0.793. The standard InChI is InChI=1S/C19H32O7/c1-2-3-4-5-10-26-15-8-6-14(7-9-15)12-25-13-17(22)19(24)18(23)16(21)11-20/h6-9,16-24H,2-5,10-13H2,1H3. The first-order valence-electron chi connectivity index (χ1n) is 9.12. The first-order valence-corrected chi connectivity index (χ1v) is 9.12. The van der Waals surface area contributed by atoms with Crippen molar-refractivity contribution in [2.24, 2.45) is 0 Å². The zero-order valence-corrected chi connectivity index (χ0v) is 15.3. The van der Waals surface area contributed by atoms with Crippen LogP contribution in [0.3, 0.4) is 0 Å². The van der Waals surface area contributed by atoms with E-state index in [1.165, 1.54) is 19.3 Å². The van der Waals surface area contributed by atoms with Crippen molar-refractivity contribution in [3.05, 3.63) is 29.8 Å². The average Bonchev–Trinajstić information content (AvgIpc) is 2.67. The van der Waals surface area contributed by atoms with Crippen molar-refractivity contribution in [2.45, 2.75) is 63.6 Å². The smallest absolute Gasteiger partial charge is 0.119 e. The largest absolute Gasteiger partial charge is 0.494 e. The van der Waals surface area contributed by atoms with Crippen molar-refractivity contribution in [1.82, 2.24) is 0 Å². The fraction of sp³-hybridized carbons (Fsp3) is 0.684. The predicted molar refractivity (Wildman–Crippen MR) is 96.8 cm³/mol. The number of rotatable bonds is 14. The molecule has 0 fully saturated rings. The van der Waals surface area contributed by atoms with E-state index in [9.17, 15) is 20.4 Å². The van der Waals surface area contributed by atoms with Gasteiger partial charge in [-0.3, -0.25) is 0 Å². The Morgan fingerprint density at radius 2 is 1.54 bits per heavy atom. The van der Waals surface area contributed by atoms with Gasteiger partial charge in [-0.2, -0.15) is 0 Å². The van der Waals surface area contributed by atoms with Gasteiger partial charge >= 0.3 is 0 Å². The lowest BCUT2D eigenvalue weighted by Gasteiger charge is -2.25. The van der Waals surface area contributed by atoms with Crippen molar-refractivity contribution in [3.8, 4) is 5.75 Å². The number of hydrogen-bond acceptors (Lipinski definition) is 7. The first-order chi connectivity index (χ1) is 12.5. The third-order valence-corrected chi connectivity index (χ3v) is 4.07. The summed E-state index contributed by atoms with van der Waals surface area (Å²) in [4.78, 5) is 0. The van der Waals surface area contributed by atoms with Crippen LogP contribution in [-0.4, -0.2) is 69.8 Å². The van der Waals surface area contributed by atoms with Gasteiger partial charge in [-0.05, 0) is 24.1 Å². The Labute approximate surface area is 154 Å². The molecular weight excluding hydrogens is 340 g/mol. The van der Waals surface area contributed by atoms with Crippen LogP contribution in [0.25, 0.3) is 0 Å². The zero-order chi connectivity index (χ0) is 19.4. The molecule has 7 heteroatoms. The lowest BCUT2D eigenvalue weighted by atomic mass is 10.0. The summed E-state index contributed by atoms with van der Waals surface area (Å²) in [6.07, 6.45) is -1.53. The Bertz CT molecular complexity index is 465. The molecule has 0 radical (unpaired) electrons. The van der Waals surface area contributed by atoms with Crippen LogP contribution in [0.1, 0.15) is 38.2 Å². The molecule has 150 valence electrons. The molecule has 0 aliphatic heterocycles. The molecule has 4 unspecified atom stereocenters. The summed E-state index contributed by atoms with van der Waals surface area (Å²) in [5, 5.41) is 47.0. The van der Waals surface area contributed by atoms with Gasteiger partial charge in [0.05, 0.1) is 26.4 Å².